The second kappa shape index (κ2) is 4.25. The number of hydrogen-bond acceptors (Lipinski definition) is 4. The Labute approximate surface area is 93.5 Å². The molecule has 0 bridgehead atoms. The van der Waals surface area contributed by atoms with Crippen molar-refractivity contribution in [3.8, 4) is 10.8 Å². The first-order chi connectivity index (χ1) is 6.79. The van der Waals surface area contributed by atoms with Crippen molar-refractivity contribution in [3.63, 3.8) is 0 Å². The molecule has 5 heteroatoms. The number of halogens is 1. The van der Waals surface area contributed by atoms with Gasteiger partial charge in [-0.3, -0.25) is 0 Å². The van der Waals surface area contributed by atoms with E-state index in [2.05, 4.69) is 20.9 Å². The minimum absolute atomic E-state index is 0.0861. The summed E-state index contributed by atoms with van der Waals surface area (Å²) in [5.74, 6) is 1.33. The van der Waals surface area contributed by atoms with E-state index in [1.165, 1.54) is 0 Å². The molecule has 74 valence electrons. The molecular weight excluding hydrogens is 266 g/mol. The van der Waals surface area contributed by atoms with Gasteiger partial charge in [0.15, 0.2) is 0 Å². The Morgan fingerprint density at radius 1 is 1.50 bits per heavy atom. The fourth-order valence-electron chi connectivity index (χ4n) is 1.08. The van der Waals surface area contributed by atoms with Crippen LogP contribution in [0.4, 0.5) is 0 Å². The number of thiophene rings is 1. The Morgan fingerprint density at radius 2 is 2.36 bits per heavy atom. The van der Waals surface area contributed by atoms with E-state index in [-0.39, 0.29) is 6.61 Å². The SMILES string of the molecule is OCCc1cnc(-c2ccc(Br)s2)o1. The molecule has 2 aromatic heterocycles. The second-order valence-corrected chi connectivity index (χ2v) is 5.17. The van der Waals surface area contributed by atoms with Gasteiger partial charge >= 0.3 is 0 Å². The van der Waals surface area contributed by atoms with Crippen LogP contribution in [-0.4, -0.2) is 16.7 Å². The number of aromatic nitrogens is 1. The highest BCUT2D eigenvalue weighted by molar-refractivity contribution is 9.11. The van der Waals surface area contributed by atoms with Crippen LogP contribution in [0.5, 0.6) is 0 Å². The van der Waals surface area contributed by atoms with Gasteiger partial charge in [0.05, 0.1) is 21.5 Å². The van der Waals surface area contributed by atoms with Crippen molar-refractivity contribution in [2.75, 3.05) is 6.61 Å². The van der Waals surface area contributed by atoms with Crippen molar-refractivity contribution in [1.29, 1.82) is 0 Å². The van der Waals surface area contributed by atoms with Crippen molar-refractivity contribution < 1.29 is 9.52 Å². The first-order valence-electron chi connectivity index (χ1n) is 4.11. The Hall–Kier alpha value is -0.650. The molecule has 0 amide bonds. The van der Waals surface area contributed by atoms with Gasteiger partial charge in [-0.1, -0.05) is 0 Å². The van der Waals surface area contributed by atoms with Gasteiger partial charge in [-0.2, -0.15) is 0 Å². The fourth-order valence-corrected chi connectivity index (χ4v) is 2.40. The summed E-state index contributed by atoms with van der Waals surface area (Å²) >= 11 is 4.95. The van der Waals surface area contributed by atoms with Crippen LogP contribution in [0.25, 0.3) is 10.8 Å². The van der Waals surface area contributed by atoms with Gasteiger partial charge in [0, 0.05) is 6.42 Å². The van der Waals surface area contributed by atoms with E-state index < -0.39 is 0 Å². The minimum Gasteiger partial charge on any atom is -0.440 e. The van der Waals surface area contributed by atoms with E-state index in [4.69, 9.17) is 9.52 Å². The van der Waals surface area contributed by atoms with Crippen LogP contribution in [0.3, 0.4) is 0 Å². The van der Waals surface area contributed by atoms with Crippen molar-refractivity contribution in [2.24, 2.45) is 0 Å². The van der Waals surface area contributed by atoms with Gasteiger partial charge < -0.3 is 9.52 Å². The molecule has 0 aliphatic rings. The van der Waals surface area contributed by atoms with E-state index in [9.17, 15) is 0 Å². The summed E-state index contributed by atoms with van der Waals surface area (Å²) in [6.45, 7) is 0.0861. The molecule has 3 nitrogen and oxygen atoms in total. The van der Waals surface area contributed by atoms with Crippen LogP contribution < -0.4 is 0 Å². The van der Waals surface area contributed by atoms with Crippen LogP contribution in [0.15, 0.2) is 26.5 Å². The Morgan fingerprint density at radius 3 is 3.00 bits per heavy atom. The molecule has 0 atom stereocenters. The maximum absolute atomic E-state index is 8.71. The summed E-state index contributed by atoms with van der Waals surface area (Å²) in [6, 6.07) is 3.90. The third-order valence-corrected chi connectivity index (χ3v) is 3.31. The quantitative estimate of drug-likeness (QED) is 0.936. The zero-order valence-electron chi connectivity index (χ0n) is 7.24. The zero-order valence-corrected chi connectivity index (χ0v) is 9.64. The van der Waals surface area contributed by atoms with Crippen LogP contribution in [0.1, 0.15) is 5.76 Å². The number of rotatable bonds is 3. The van der Waals surface area contributed by atoms with Crippen LogP contribution >= 0.6 is 27.3 Å². The molecule has 0 aromatic carbocycles. The highest BCUT2D eigenvalue weighted by atomic mass is 79.9. The number of nitrogens with zero attached hydrogens (tertiary/aromatic N) is 1. The number of aliphatic hydroxyl groups is 1. The van der Waals surface area contributed by atoms with Gasteiger partial charge in [0.2, 0.25) is 5.89 Å². The van der Waals surface area contributed by atoms with E-state index in [0.717, 1.165) is 8.66 Å². The van der Waals surface area contributed by atoms with Crippen LogP contribution in [0.2, 0.25) is 0 Å². The largest absolute Gasteiger partial charge is 0.440 e. The molecule has 0 saturated carbocycles. The summed E-state index contributed by atoms with van der Waals surface area (Å²) in [4.78, 5) is 5.12. The average molecular weight is 274 g/mol. The van der Waals surface area contributed by atoms with Crippen molar-refractivity contribution in [1.82, 2.24) is 4.98 Å². The summed E-state index contributed by atoms with van der Waals surface area (Å²) < 4.78 is 6.49. The second-order valence-electron chi connectivity index (χ2n) is 2.71. The fraction of sp³-hybridized carbons (Fsp3) is 0.222. The van der Waals surface area contributed by atoms with E-state index in [1.807, 2.05) is 12.1 Å². The number of hydrogen-bond donors (Lipinski definition) is 1. The molecule has 0 radical (unpaired) electrons. The van der Waals surface area contributed by atoms with E-state index in [1.54, 1.807) is 17.5 Å². The van der Waals surface area contributed by atoms with Crippen LogP contribution in [0, 0.1) is 0 Å². The van der Waals surface area contributed by atoms with Crippen LogP contribution in [-0.2, 0) is 6.42 Å². The predicted octanol–water partition coefficient (Wildman–Crippen LogP) is 2.70. The lowest BCUT2D eigenvalue weighted by atomic mass is 10.4. The molecule has 1 N–H and O–H groups in total. The van der Waals surface area contributed by atoms with Gasteiger partial charge in [-0.05, 0) is 28.1 Å². The Kier molecular flexibility index (Phi) is 3.00. The monoisotopic (exact) mass is 273 g/mol. The molecule has 0 aliphatic carbocycles. The molecule has 0 fully saturated rings. The topological polar surface area (TPSA) is 46.3 Å². The standard InChI is InChI=1S/C9H8BrNO2S/c10-8-2-1-7(14-8)9-11-5-6(13-9)3-4-12/h1-2,5,12H,3-4H2. The normalized spacial score (nSPS) is 10.7. The van der Waals surface area contributed by atoms with Gasteiger partial charge in [-0.25, -0.2) is 4.98 Å². The lowest BCUT2D eigenvalue weighted by molar-refractivity contribution is 0.288. The smallest absolute Gasteiger partial charge is 0.236 e. The lowest BCUT2D eigenvalue weighted by Gasteiger charge is -1.89. The zero-order chi connectivity index (χ0) is 9.97. The first kappa shape index (κ1) is 9.89. The predicted molar refractivity (Wildman–Crippen MR) is 58.3 cm³/mol. The molecular formula is C9H8BrNO2S. The van der Waals surface area contributed by atoms with Crippen molar-refractivity contribution in [2.45, 2.75) is 6.42 Å². The summed E-state index contributed by atoms with van der Waals surface area (Å²) in [7, 11) is 0. The average Bonchev–Trinajstić information content (AvgIpc) is 2.74. The Balaban J connectivity index is 2.24. The molecule has 0 aliphatic heterocycles. The van der Waals surface area contributed by atoms with Gasteiger partial charge in [-0.15, -0.1) is 11.3 Å². The highest BCUT2D eigenvalue weighted by Gasteiger charge is 2.08. The third-order valence-electron chi connectivity index (χ3n) is 1.70. The van der Waals surface area contributed by atoms with Gasteiger partial charge in [0.25, 0.3) is 0 Å². The lowest BCUT2D eigenvalue weighted by Crippen LogP contribution is -1.86. The minimum atomic E-state index is 0.0861. The number of oxazole rings is 1. The molecule has 0 unspecified atom stereocenters. The molecule has 14 heavy (non-hydrogen) atoms. The maximum atomic E-state index is 8.71. The summed E-state index contributed by atoms with van der Waals surface area (Å²) in [6.07, 6.45) is 2.17. The maximum Gasteiger partial charge on any atom is 0.236 e. The van der Waals surface area contributed by atoms with Crippen molar-refractivity contribution >= 4 is 27.3 Å². The van der Waals surface area contributed by atoms with E-state index >= 15 is 0 Å². The Bertz CT molecular complexity index is 424. The third kappa shape index (κ3) is 2.05. The van der Waals surface area contributed by atoms with Gasteiger partial charge in [0.1, 0.15) is 5.76 Å². The van der Waals surface area contributed by atoms with Crippen molar-refractivity contribution in [3.05, 3.63) is 27.9 Å². The van der Waals surface area contributed by atoms with E-state index in [0.29, 0.717) is 18.1 Å². The molecule has 0 saturated heterocycles. The molecule has 2 aromatic rings. The first-order valence-corrected chi connectivity index (χ1v) is 5.72. The summed E-state index contributed by atoms with van der Waals surface area (Å²) in [5.41, 5.74) is 0. The summed E-state index contributed by atoms with van der Waals surface area (Å²) in [5, 5.41) is 8.71. The highest BCUT2D eigenvalue weighted by Crippen LogP contribution is 2.30. The molecule has 2 heterocycles. The number of aliphatic hydroxyl groups excluding tert-OH is 1. The molecule has 0 spiro atoms. The molecule has 2 rings (SSSR count).